The van der Waals surface area contributed by atoms with Gasteiger partial charge < -0.3 is 20.1 Å². The normalized spacial score (nSPS) is 12.0. The maximum absolute atomic E-state index is 12.5. The van der Waals surface area contributed by atoms with Crippen LogP contribution in [0.1, 0.15) is 23.5 Å². The Labute approximate surface area is 173 Å². The predicted molar refractivity (Wildman–Crippen MR) is 108 cm³/mol. The molecule has 0 unspecified atom stereocenters. The SMILES string of the molecule is CN=C(NCCCCOCCOC)NCCc1nc(C(F)(F)F)cs1.I. The van der Waals surface area contributed by atoms with Crippen molar-refractivity contribution in [1.29, 1.82) is 0 Å². The van der Waals surface area contributed by atoms with Gasteiger partial charge in [-0.25, -0.2) is 4.98 Å². The third-order valence-corrected chi connectivity index (χ3v) is 4.05. The molecule has 11 heteroatoms. The number of guanidine groups is 1. The molecular weight excluding hydrogens is 484 g/mol. The Kier molecular flexibility index (Phi) is 14.0. The van der Waals surface area contributed by atoms with Crippen molar-refractivity contribution in [2.45, 2.75) is 25.4 Å². The highest BCUT2D eigenvalue weighted by molar-refractivity contribution is 14.0. The van der Waals surface area contributed by atoms with Crippen LogP contribution in [0.25, 0.3) is 0 Å². The molecule has 0 bridgehead atoms. The van der Waals surface area contributed by atoms with E-state index in [1.165, 1.54) is 0 Å². The summed E-state index contributed by atoms with van der Waals surface area (Å²) in [6, 6.07) is 0. The minimum atomic E-state index is -4.38. The van der Waals surface area contributed by atoms with Crippen LogP contribution in [0, 0.1) is 0 Å². The van der Waals surface area contributed by atoms with Gasteiger partial charge in [-0.2, -0.15) is 13.2 Å². The van der Waals surface area contributed by atoms with Crippen LogP contribution in [0.3, 0.4) is 0 Å². The van der Waals surface area contributed by atoms with E-state index in [0.717, 1.165) is 36.1 Å². The summed E-state index contributed by atoms with van der Waals surface area (Å²) in [6.07, 6.45) is -2.12. The van der Waals surface area contributed by atoms with Gasteiger partial charge in [0.15, 0.2) is 11.7 Å². The molecule has 0 radical (unpaired) electrons. The number of halogens is 4. The lowest BCUT2D eigenvalue weighted by Gasteiger charge is -2.11. The van der Waals surface area contributed by atoms with E-state index in [0.29, 0.717) is 43.8 Å². The van der Waals surface area contributed by atoms with Crippen LogP contribution in [0.5, 0.6) is 0 Å². The zero-order valence-corrected chi connectivity index (χ0v) is 18.0. The smallest absolute Gasteiger partial charge is 0.382 e. The lowest BCUT2D eigenvalue weighted by molar-refractivity contribution is -0.140. The molecule has 0 aliphatic rings. The van der Waals surface area contributed by atoms with Crippen LogP contribution < -0.4 is 10.6 Å². The molecule has 6 nitrogen and oxygen atoms in total. The summed E-state index contributed by atoms with van der Waals surface area (Å²) < 4.78 is 47.7. The number of nitrogens with one attached hydrogen (secondary N) is 2. The summed E-state index contributed by atoms with van der Waals surface area (Å²) in [7, 11) is 3.28. The van der Waals surface area contributed by atoms with Crippen molar-refractivity contribution in [2.24, 2.45) is 4.99 Å². The number of nitrogens with zero attached hydrogens (tertiary/aromatic N) is 2. The molecule has 0 saturated carbocycles. The predicted octanol–water partition coefficient (Wildman–Crippen LogP) is 2.93. The fourth-order valence-corrected chi connectivity index (χ4v) is 2.65. The molecule has 0 amide bonds. The Bertz CT molecular complexity index is 515. The fourth-order valence-electron chi connectivity index (χ4n) is 1.84. The average Bonchev–Trinajstić information content (AvgIpc) is 3.05. The lowest BCUT2D eigenvalue weighted by Crippen LogP contribution is -2.38. The number of aliphatic imine (C=N–C) groups is 1. The molecule has 0 aliphatic carbocycles. The largest absolute Gasteiger partial charge is 0.434 e. The van der Waals surface area contributed by atoms with Gasteiger partial charge in [-0.15, -0.1) is 35.3 Å². The Morgan fingerprint density at radius 1 is 1.19 bits per heavy atom. The Morgan fingerprint density at radius 2 is 1.92 bits per heavy atom. The molecule has 1 rings (SSSR count). The molecule has 0 saturated heterocycles. The summed E-state index contributed by atoms with van der Waals surface area (Å²) in [5.74, 6) is 0.618. The topological polar surface area (TPSA) is 67.8 Å². The van der Waals surface area contributed by atoms with E-state index in [1.807, 2.05) is 0 Å². The molecule has 0 aliphatic heterocycles. The number of hydrogen-bond acceptors (Lipinski definition) is 5. The third-order valence-electron chi connectivity index (χ3n) is 3.14. The lowest BCUT2D eigenvalue weighted by atomic mass is 10.3. The molecule has 26 heavy (non-hydrogen) atoms. The molecule has 0 aromatic carbocycles. The molecule has 1 aromatic heterocycles. The monoisotopic (exact) mass is 510 g/mol. The van der Waals surface area contributed by atoms with Crippen LogP contribution in [0.4, 0.5) is 13.2 Å². The number of thiazole rings is 1. The van der Waals surface area contributed by atoms with E-state index < -0.39 is 11.9 Å². The quantitative estimate of drug-likeness (QED) is 0.208. The van der Waals surface area contributed by atoms with Crippen LogP contribution in [0.2, 0.25) is 0 Å². The number of aromatic nitrogens is 1. The number of alkyl halides is 3. The van der Waals surface area contributed by atoms with Gasteiger partial charge in [-0.05, 0) is 12.8 Å². The average molecular weight is 510 g/mol. The number of hydrogen-bond donors (Lipinski definition) is 2. The fraction of sp³-hybridized carbons (Fsp3) is 0.733. The minimum Gasteiger partial charge on any atom is -0.382 e. The van der Waals surface area contributed by atoms with Crippen molar-refractivity contribution in [1.82, 2.24) is 15.6 Å². The Hall–Kier alpha value is -0.660. The van der Waals surface area contributed by atoms with Gasteiger partial charge in [0.25, 0.3) is 0 Å². The number of rotatable bonds is 11. The summed E-state index contributed by atoms with van der Waals surface area (Å²) >= 11 is 1.01. The summed E-state index contributed by atoms with van der Waals surface area (Å²) in [6.45, 7) is 3.08. The first-order valence-corrected chi connectivity index (χ1v) is 8.88. The highest BCUT2D eigenvalue weighted by Crippen LogP contribution is 2.29. The van der Waals surface area contributed by atoms with E-state index in [9.17, 15) is 13.2 Å². The van der Waals surface area contributed by atoms with Crippen molar-refractivity contribution >= 4 is 41.3 Å². The molecular formula is C15H26F3IN4O2S. The van der Waals surface area contributed by atoms with Crippen molar-refractivity contribution in [3.8, 4) is 0 Å². The summed E-state index contributed by atoms with van der Waals surface area (Å²) in [5.41, 5.74) is -0.831. The van der Waals surface area contributed by atoms with E-state index in [1.54, 1.807) is 14.2 Å². The second kappa shape index (κ2) is 14.4. The maximum atomic E-state index is 12.5. The van der Waals surface area contributed by atoms with E-state index in [2.05, 4.69) is 20.6 Å². The molecule has 0 spiro atoms. The van der Waals surface area contributed by atoms with Crippen molar-refractivity contribution < 1.29 is 22.6 Å². The molecule has 152 valence electrons. The van der Waals surface area contributed by atoms with E-state index in [-0.39, 0.29) is 24.0 Å². The standard InChI is InChI=1S/C15H25F3N4O2S.HI/c1-19-14(20-6-3-4-8-24-10-9-23-2)21-7-5-13-22-12(11-25-13)15(16,17)18;/h11H,3-10H2,1-2H3,(H2,19,20,21);1H. The molecule has 0 atom stereocenters. The van der Waals surface area contributed by atoms with Crippen LogP contribution in [0.15, 0.2) is 10.4 Å². The second-order valence-corrected chi connectivity index (χ2v) is 6.05. The number of unbranched alkanes of at least 4 members (excludes halogenated alkanes) is 1. The van der Waals surface area contributed by atoms with E-state index in [4.69, 9.17) is 9.47 Å². The Balaban J connectivity index is 0.00000625. The van der Waals surface area contributed by atoms with E-state index >= 15 is 0 Å². The van der Waals surface area contributed by atoms with Crippen LogP contribution in [-0.4, -0.2) is 58.0 Å². The van der Waals surface area contributed by atoms with Crippen LogP contribution in [-0.2, 0) is 22.1 Å². The van der Waals surface area contributed by atoms with Gasteiger partial charge in [0.2, 0.25) is 0 Å². The highest BCUT2D eigenvalue weighted by atomic mass is 127. The first-order chi connectivity index (χ1) is 12.0. The number of methoxy groups -OCH3 is 1. The second-order valence-electron chi connectivity index (χ2n) is 5.11. The van der Waals surface area contributed by atoms with Gasteiger partial charge in [0.1, 0.15) is 0 Å². The maximum Gasteiger partial charge on any atom is 0.434 e. The first-order valence-electron chi connectivity index (χ1n) is 8.00. The van der Waals surface area contributed by atoms with Crippen molar-refractivity contribution in [3.05, 3.63) is 16.1 Å². The number of ether oxygens (including phenoxy) is 2. The Morgan fingerprint density at radius 3 is 2.54 bits per heavy atom. The molecule has 2 N–H and O–H groups in total. The van der Waals surface area contributed by atoms with Gasteiger partial charge in [0.05, 0.1) is 18.2 Å². The zero-order valence-electron chi connectivity index (χ0n) is 14.9. The van der Waals surface area contributed by atoms with Gasteiger partial charge in [-0.1, -0.05) is 0 Å². The van der Waals surface area contributed by atoms with Crippen molar-refractivity contribution in [3.63, 3.8) is 0 Å². The minimum absolute atomic E-state index is 0. The summed E-state index contributed by atoms with van der Waals surface area (Å²) in [5, 5.41) is 7.70. The summed E-state index contributed by atoms with van der Waals surface area (Å²) in [4.78, 5) is 7.66. The van der Waals surface area contributed by atoms with Crippen molar-refractivity contribution in [2.75, 3.05) is 47.1 Å². The van der Waals surface area contributed by atoms with Gasteiger partial charge >= 0.3 is 6.18 Å². The van der Waals surface area contributed by atoms with Gasteiger partial charge in [-0.3, -0.25) is 4.99 Å². The first kappa shape index (κ1) is 25.3. The van der Waals surface area contributed by atoms with Gasteiger partial charge in [0, 0.05) is 45.7 Å². The molecule has 1 aromatic rings. The molecule has 0 fully saturated rings. The molecule has 1 heterocycles. The van der Waals surface area contributed by atoms with Crippen LogP contribution >= 0.6 is 35.3 Å². The zero-order chi connectivity index (χ0) is 18.5. The third kappa shape index (κ3) is 11.1. The highest BCUT2D eigenvalue weighted by Gasteiger charge is 2.33.